The average molecular weight is 769 g/mol. The van der Waals surface area contributed by atoms with Crippen LogP contribution in [0.4, 0.5) is 4.79 Å². The molecular formula is C49H56N2O6. The standard InChI is InChI=1S/C49H56N2O6/c1-6-54-46(55-7-2)33-51(31-30-39(36-18-10-8-11-19-36)37-20-12-9-13-21-37)47(52)45(32-35-26-28-38(29-27-35)57-49(3,4)5)50-48(53)56-34-44-42-24-16-14-22-40(42)41-23-15-17-25-43(41)44/h8-29,39,44-46H,6-7,30-34H2,1-5H3,(H,50,53). The van der Waals surface area contributed by atoms with Crippen LogP contribution in [-0.4, -0.2) is 67.7 Å². The van der Waals surface area contributed by atoms with Crippen LogP contribution >= 0.6 is 0 Å². The van der Waals surface area contributed by atoms with Gasteiger partial charge in [-0.3, -0.25) is 4.79 Å². The topological polar surface area (TPSA) is 86.3 Å². The summed E-state index contributed by atoms with van der Waals surface area (Å²) in [5.74, 6) is 0.395. The molecule has 2 amide bonds. The Morgan fingerprint density at radius 1 is 0.702 bits per heavy atom. The van der Waals surface area contributed by atoms with Crippen LogP contribution in [0.5, 0.6) is 5.75 Å². The molecule has 1 aliphatic carbocycles. The minimum absolute atomic E-state index is 0.0317. The van der Waals surface area contributed by atoms with Crippen LogP contribution in [0.1, 0.15) is 80.7 Å². The van der Waals surface area contributed by atoms with Gasteiger partial charge in [0.05, 0.1) is 6.54 Å². The van der Waals surface area contributed by atoms with Crippen molar-refractivity contribution in [3.63, 3.8) is 0 Å². The van der Waals surface area contributed by atoms with Crippen molar-refractivity contribution in [3.8, 4) is 16.9 Å². The van der Waals surface area contributed by atoms with Crippen LogP contribution in [-0.2, 0) is 25.4 Å². The van der Waals surface area contributed by atoms with Gasteiger partial charge in [0, 0.05) is 38.0 Å². The zero-order valence-electron chi connectivity index (χ0n) is 33.9. The SMILES string of the molecule is CCOC(CN(CCC(c1ccccc1)c1ccccc1)C(=O)C(Cc1ccc(OC(C)(C)C)cc1)NC(=O)OCC1c2ccccc2-c2ccccc21)OCC. The van der Waals surface area contributed by atoms with Crippen LogP contribution in [0.2, 0.25) is 0 Å². The Hall–Kier alpha value is -5.44. The lowest BCUT2D eigenvalue weighted by Crippen LogP contribution is -2.52. The van der Waals surface area contributed by atoms with Gasteiger partial charge >= 0.3 is 6.09 Å². The number of nitrogens with one attached hydrogen (secondary N) is 1. The molecule has 5 aromatic rings. The first kappa shape index (κ1) is 41.2. The lowest BCUT2D eigenvalue weighted by molar-refractivity contribution is -0.160. The Balaban J connectivity index is 1.27. The number of nitrogens with zero attached hydrogens (tertiary/aromatic N) is 1. The van der Waals surface area contributed by atoms with Gasteiger partial charge in [-0.05, 0) is 92.1 Å². The van der Waals surface area contributed by atoms with E-state index in [1.54, 1.807) is 4.90 Å². The Bertz CT molecular complexity index is 1940. The molecule has 0 spiro atoms. The van der Waals surface area contributed by atoms with Crippen molar-refractivity contribution in [2.45, 2.75) is 77.2 Å². The van der Waals surface area contributed by atoms with E-state index < -0.39 is 18.4 Å². The van der Waals surface area contributed by atoms with E-state index in [0.717, 1.165) is 44.7 Å². The largest absolute Gasteiger partial charge is 0.488 e. The Labute approximate surface area is 338 Å². The van der Waals surface area contributed by atoms with Gasteiger partial charge in [0.15, 0.2) is 6.29 Å². The second-order valence-electron chi connectivity index (χ2n) is 15.4. The predicted molar refractivity (Wildman–Crippen MR) is 225 cm³/mol. The van der Waals surface area contributed by atoms with E-state index in [0.29, 0.717) is 26.2 Å². The number of fused-ring (bicyclic) bond motifs is 3. The third-order valence-electron chi connectivity index (χ3n) is 10.2. The molecule has 1 atom stereocenters. The van der Waals surface area contributed by atoms with Crippen LogP contribution in [0, 0.1) is 0 Å². The molecular weight excluding hydrogens is 713 g/mol. The number of alkyl carbamates (subject to hydrolysis) is 1. The number of carbonyl (C=O) groups is 2. The quantitative estimate of drug-likeness (QED) is 0.0894. The molecule has 298 valence electrons. The van der Waals surface area contributed by atoms with Gasteiger partial charge < -0.3 is 29.2 Å². The Morgan fingerprint density at radius 3 is 1.75 bits per heavy atom. The van der Waals surface area contributed by atoms with Gasteiger partial charge in [-0.15, -0.1) is 0 Å². The zero-order chi connectivity index (χ0) is 40.2. The predicted octanol–water partition coefficient (Wildman–Crippen LogP) is 9.76. The van der Waals surface area contributed by atoms with Crippen molar-refractivity contribution in [1.29, 1.82) is 0 Å². The summed E-state index contributed by atoms with van der Waals surface area (Å²) in [6.45, 7) is 11.4. The number of amides is 2. The summed E-state index contributed by atoms with van der Waals surface area (Å²) in [5.41, 5.74) is 7.35. The molecule has 5 aromatic carbocycles. The maximum Gasteiger partial charge on any atom is 0.407 e. The highest BCUT2D eigenvalue weighted by Gasteiger charge is 2.32. The summed E-state index contributed by atoms with van der Waals surface area (Å²) in [7, 11) is 0. The monoisotopic (exact) mass is 768 g/mol. The smallest absolute Gasteiger partial charge is 0.407 e. The fourth-order valence-corrected chi connectivity index (χ4v) is 7.66. The fourth-order valence-electron chi connectivity index (χ4n) is 7.66. The van der Waals surface area contributed by atoms with Crippen molar-refractivity contribution in [2.75, 3.05) is 32.9 Å². The van der Waals surface area contributed by atoms with Crippen LogP contribution in [0.3, 0.4) is 0 Å². The van der Waals surface area contributed by atoms with Crippen molar-refractivity contribution in [1.82, 2.24) is 10.2 Å². The normalized spacial score (nSPS) is 12.9. The van der Waals surface area contributed by atoms with E-state index in [4.69, 9.17) is 18.9 Å². The minimum Gasteiger partial charge on any atom is -0.488 e. The lowest BCUT2D eigenvalue weighted by Gasteiger charge is -2.32. The lowest BCUT2D eigenvalue weighted by atomic mass is 9.88. The van der Waals surface area contributed by atoms with Crippen molar-refractivity contribution in [2.24, 2.45) is 0 Å². The number of carbonyl (C=O) groups excluding carboxylic acids is 2. The van der Waals surface area contributed by atoms with E-state index in [9.17, 15) is 9.59 Å². The van der Waals surface area contributed by atoms with E-state index >= 15 is 0 Å². The third kappa shape index (κ3) is 11.1. The molecule has 1 unspecified atom stereocenters. The second-order valence-corrected chi connectivity index (χ2v) is 15.4. The van der Waals surface area contributed by atoms with E-state index in [-0.39, 0.29) is 42.9 Å². The van der Waals surface area contributed by atoms with E-state index in [1.165, 1.54) is 0 Å². The molecule has 0 saturated heterocycles. The van der Waals surface area contributed by atoms with Gasteiger partial charge in [-0.25, -0.2) is 4.79 Å². The molecule has 57 heavy (non-hydrogen) atoms. The number of benzene rings is 5. The molecule has 8 nitrogen and oxygen atoms in total. The number of rotatable bonds is 18. The summed E-state index contributed by atoms with van der Waals surface area (Å²) in [6.07, 6.45) is -0.411. The molecule has 8 heteroatoms. The fraction of sp³-hybridized carbons (Fsp3) is 0.347. The van der Waals surface area contributed by atoms with Gasteiger partial charge in [-0.2, -0.15) is 0 Å². The Morgan fingerprint density at radius 2 is 1.23 bits per heavy atom. The first-order valence-electron chi connectivity index (χ1n) is 20.1. The zero-order valence-corrected chi connectivity index (χ0v) is 33.9. The summed E-state index contributed by atoms with van der Waals surface area (Å²) in [5, 5.41) is 2.99. The van der Waals surface area contributed by atoms with E-state index in [2.05, 4.69) is 53.8 Å². The number of hydrogen-bond acceptors (Lipinski definition) is 6. The minimum atomic E-state index is -0.939. The molecule has 0 fully saturated rings. The van der Waals surface area contributed by atoms with Gasteiger partial charge in [-0.1, -0.05) is 121 Å². The molecule has 0 bridgehead atoms. The molecule has 6 rings (SSSR count). The van der Waals surface area contributed by atoms with E-state index in [1.807, 2.05) is 120 Å². The summed E-state index contributed by atoms with van der Waals surface area (Å²) in [6, 6.07) is 43.9. The number of hydrogen-bond donors (Lipinski definition) is 1. The maximum absolute atomic E-state index is 15.0. The van der Waals surface area contributed by atoms with Crippen molar-refractivity contribution < 1.29 is 28.5 Å². The molecule has 0 heterocycles. The Kier molecular flexibility index (Phi) is 14.2. The van der Waals surface area contributed by atoms with Crippen molar-refractivity contribution >= 4 is 12.0 Å². The average Bonchev–Trinajstić information content (AvgIpc) is 3.53. The van der Waals surface area contributed by atoms with Gasteiger partial charge in [0.1, 0.15) is 24.0 Å². The molecule has 0 saturated carbocycles. The van der Waals surface area contributed by atoms with Crippen LogP contribution in [0.15, 0.2) is 133 Å². The molecule has 0 aliphatic heterocycles. The van der Waals surface area contributed by atoms with Gasteiger partial charge in [0.25, 0.3) is 0 Å². The first-order chi connectivity index (χ1) is 27.6. The highest BCUT2D eigenvalue weighted by molar-refractivity contribution is 5.86. The summed E-state index contributed by atoms with van der Waals surface area (Å²) >= 11 is 0. The highest BCUT2D eigenvalue weighted by atomic mass is 16.7. The second kappa shape index (κ2) is 19.6. The highest BCUT2D eigenvalue weighted by Crippen LogP contribution is 2.44. The first-order valence-corrected chi connectivity index (χ1v) is 20.1. The van der Waals surface area contributed by atoms with Crippen molar-refractivity contribution in [3.05, 3.63) is 161 Å². The molecule has 1 N–H and O–H groups in total. The van der Waals surface area contributed by atoms with Crippen LogP contribution in [0.25, 0.3) is 11.1 Å². The maximum atomic E-state index is 15.0. The summed E-state index contributed by atoms with van der Waals surface area (Å²) in [4.78, 5) is 30.6. The molecule has 0 radical (unpaired) electrons. The molecule has 0 aromatic heterocycles. The van der Waals surface area contributed by atoms with Crippen LogP contribution < -0.4 is 10.1 Å². The molecule has 1 aliphatic rings. The summed E-state index contributed by atoms with van der Waals surface area (Å²) < 4.78 is 24.0. The third-order valence-corrected chi connectivity index (χ3v) is 10.2. The van der Waals surface area contributed by atoms with Gasteiger partial charge in [0.2, 0.25) is 5.91 Å². The number of ether oxygens (including phenoxy) is 4.